The van der Waals surface area contributed by atoms with Gasteiger partial charge in [0.2, 0.25) is 0 Å². The molecule has 0 aliphatic carbocycles. The van der Waals surface area contributed by atoms with E-state index in [0.717, 1.165) is 144 Å². The van der Waals surface area contributed by atoms with Gasteiger partial charge in [0.05, 0.1) is 64.0 Å². The van der Waals surface area contributed by atoms with Crippen molar-refractivity contribution in [1.82, 2.24) is 58.1 Å². The summed E-state index contributed by atoms with van der Waals surface area (Å²) in [4.78, 5) is 12.2. The number of hydrogen-bond donors (Lipinski definition) is 1. The van der Waals surface area contributed by atoms with E-state index in [1.54, 1.807) is 12.7 Å². The summed E-state index contributed by atoms with van der Waals surface area (Å²) in [5.74, 6) is 3.83. The Morgan fingerprint density at radius 2 is 1.05 bits per heavy atom. The molecule has 0 unspecified atom stereocenters. The quantitative estimate of drug-likeness (QED) is 0.139. The minimum Gasteiger partial charge on any atom is -0.372 e. The number of aromatic nitrogens is 11. The van der Waals surface area contributed by atoms with Gasteiger partial charge in [-0.25, -0.2) is 9.37 Å². The summed E-state index contributed by atoms with van der Waals surface area (Å²) in [5.41, 5.74) is 21.6. The Bertz CT molecular complexity index is 4970. The molecule has 0 bridgehead atoms. The second-order valence-corrected chi connectivity index (χ2v) is 26.8. The molecule has 3 fully saturated rings. The average molecular weight is 1300 g/mol. The van der Waals surface area contributed by atoms with Gasteiger partial charge >= 0.3 is 0 Å². The molecule has 17 nitrogen and oxygen atoms in total. The first-order valence-electron chi connectivity index (χ1n) is 33.9. The van der Waals surface area contributed by atoms with E-state index in [2.05, 4.69) is 177 Å². The maximum atomic E-state index is 13.4. The lowest BCUT2D eigenvalue weighted by molar-refractivity contribution is 0.530. The smallest absolute Gasteiger partial charge is 0.185 e. The summed E-state index contributed by atoms with van der Waals surface area (Å²) in [6.45, 7) is 12.3. The summed E-state index contributed by atoms with van der Waals surface area (Å²) in [6.07, 6.45) is 20.7. The van der Waals surface area contributed by atoms with Crippen LogP contribution in [-0.4, -0.2) is 106 Å². The number of rotatable bonds is 10. The van der Waals surface area contributed by atoms with Crippen LogP contribution in [0.1, 0.15) is 79.7 Å². The molecule has 19 heteroatoms. The highest BCUT2D eigenvalue weighted by molar-refractivity contribution is 6.32. The number of nitrogens with one attached hydrogen (secondary N) is 1. The van der Waals surface area contributed by atoms with Gasteiger partial charge in [-0.2, -0.15) is 10.5 Å². The van der Waals surface area contributed by atoms with Crippen LogP contribution in [-0.2, 0) is 19.6 Å². The van der Waals surface area contributed by atoms with E-state index in [1.807, 2.05) is 80.1 Å². The Kier molecular flexibility index (Phi) is 16.4. The van der Waals surface area contributed by atoms with E-state index >= 15 is 0 Å². The molecule has 6 aromatic carbocycles. The van der Waals surface area contributed by atoms with Gasteiger partial charge in [-0.3, -0.25) is 13.7 Å². The molecule has 0 radical (unpaired) electrons. The Hall–Kier alpha value is -10.8. The molecule has 2 atom stereocenters. The molecule has 6 aromatic heterocycles. The monoisotopic (exact) mass is 1300 g/mol. The molecule has 0 saturated carbocycles. The van der Waals surface area contributed by atoms with E-state index in [9.17, 15) is 4.39 Å². The number of benzene rings is 6. The fourth-order valence-electron chi connectivity index (χ4n) is 15.3. The molecule has 0 amide bonds. The molecule has 18 rings (SSSR count). The lowest BCUT2D eigenvalue weighted by Crippen LogP contribution is -2.29. The zero-order valence-electron chi connectivity index (χ0n) is 54.4. The fraction of sp³-hybridized carbons (Fsp3) is 0.269. The number of nitriles is 2. The zero-order chi connectivity index (χ0) is 65.7. The van der Waals surface area contributed by atoms with Gasteiger partial charge in [0.15, 0.2) is 17.5 Å². The van der Waals surface area contributed by atoms with Crippen LogP contribution < -0.4 is 20.0 Å². The Balaban J connectivity index is 0.000000114. The molecule has 0 spiro atoms. The topological polar surface area (TPSA) is 163 Å². The van der Waals surface area contributed by atoms with Gasteiger partial charge in [0.25, 0.3) is 0 Å². The van der Waals surface area contributed by atoms with Crippen molar-refractivity contribution in [3.8, 4) is 97.1 Å². The van der Waals surface area contributed by atoms with Gasteiger partial charge in [-0.15, -0.1) is 20.4 Å². The van der Waals surface area contributed by atoms with Crippen LogP contribution in [0.2, 0.25) is 5.15 Å². The highest BCUT2D eigenvalue weighted by Crippen LogP contribution is 2.42. The average Bonchev–Trinajstić information content (AvgIpc) is 1.61. The number of imidazole rings is 1. The van der Waals surface area contributed by atoms with Gasteiger partial charge in [0.1, 0.15) is 23.6 Å². The van der Waals surface area contributed by atoms with Crippen LogP contribution in [0.25, 0.3) is 85.0 Å². The molecule has 97 heavy (non-hydrogen) atoms. The summed E-state index contributed by atoms with van der Waals surface area (Å²) < 4.78 is 26.4. The highest BCUT2D eigenvalue weighted by atomic mass is 35.5. The SMILES string of the molecule is CCC[C@@H]1CCN(c2ccc3c(c2)Cn2c(cc(-c4ccc(C#N)cc4)c2Cl)-c2nncn2-3)C1.CNC[C@H]1CCN(c2ccc3c(c2)Cn2cc(-c4ccc(F)cc4)cc2-c2nccn2-3)C1.N#Cc1ccc(-c2cc3n(c2)Cc2cc(N4CCCCC4)ccc2-n2cnnc2-3)cc1. The van der Waals surface area contributed by atoms with Crippen LogP contribution in [0.4, 0.5) is 21.5 Å². The fourth-order valence-corrected chi connectivity index (χ4v) is 15.6. The van der Waals surface area contributed by atoms with Crippen LogP contribution in [0, 0.1) is 40.3 Å². The van der Waals surface area contributed by atoms with Crippen molar-refractivity contribution in [3.05, 3.63) is 222 Å². The third-order valence-electron chi connectivity index (χ3n) is 20.3. The Labute approximate surface area is 568 Å². The zero-order valence-corrected chi connectivity index (χ0v) is 55.2. The highest BCUT2D eigenvalue weighted by Gasteiger charge is 2.30. The second-order valence-electron chi connectivity index (χ2n) is 26.4. The second kappa shape index (κ2) is 26.1. The molecule has 484 valence electrons. The van der Waals surface area contributed by atoms with Crippen molar-refractivity contribution in [2.45, 2.75) is 71.5 Å². The summed E-state index contributed by atoms with van der Waals surface area (Å²) in [7, 11) is 2.03. The lowest BCUT2D eigenvalue weighted by atomic mass is 10.0. The molecular formula is C78H73ClFN17. The first-order valence-corrected chi connectivity index (χ1v) is 34.2. The van der Waals surface area contributed by atoms with Crippen molar-refractivity contribution < 1.29 is 4.39 Å². The van der Waals surface area contributed by atoms with Crippen LogP contribution >= 0.6 is 11.6 Å². The number of nitrogens with zero attached hydrogens (tertiary/aromatic N) is 16. The first kappa shape index (κ1) is 61.1. The predicted octanol–water partition coefficient (Wildman–Crippen LogP) is 15.1. The number of halogens is 2. The van der Waals surface area contributed by atoms with Gasteiger partial charge < -0.3 is 33.7 Å². The normalized spacial score (nSPS) is 16.2. The third kappa shape index (κ3) is 11.7. The van der Waals surface area contributed by atoms with E-state index < -0.39 is 0 Å². The minimum absolute atomic E-state index is 0.217. The number of hydrogen-bond acceptors (Lipinski definition) is 11. The van der Waals surface area contributed by atoms with Crippen molar-refractivity contribution in [2.24, 2.45) is 11.8 Å². The standard InChI is InChI=1S/C27H25ClN6.C26H26FN5.C25H22N6/c1-2-3-19-10-11-32(15-19)22-8-9-24-21(12-22)16-33-25(27-31-30-17-34(24)27)13-23(26(33)28)20-6-4-18(14-29)5-7-20;1-28-14-18-8-10-30(15-18)23-6-7-24-21(12-23)17-31-16-20(19-2-4-22(27)5-3-19)13-25(31)26-29-9-11-32(24)26;26-14-18-4-6-19(7-5-18)20-13-24-25-28-27-17-31(25)23-9-8-22(29-10-2-1-3-11-29)12-21(23)16-30(24)15-20/h4-9,12-13,17,19H,2-3,10-11,15-16H2,1H3;2-7,9,11-13,16,18,28H,8,10,14-15,17H2,1H3;4-9,12-13,15,17H,1-3,10-11,16H2/t19-;18-;/m11./s1. The predicted molar refractivity (Wildman–Crippen MR) is 380 cm³/mol. The van der Waals surface area contributed by atoms with E-state index in [1.165, 1.54) is 96.5 Å². The summed E-state index contributed by atoms with van der Waals surface area (Å²) >= 11 is 6.97. The molecule has 1 N–H and O–H groups in total. The Morgan fingerprint density at radius 1 is 0.536 bits per heavy atom. The lowest BCUT2D eigenvalue weighted by Gasteiger charge is -2.29. The maximum Gasteiger partial charge on any atom is 0.185 e. The number of piperidine rings is 1. The van der Waals surface area contributed by atoms with Crippen LogP contribution in [0.3, 0.4) is 0 Å². The van der Waals surface area contributed by atoms with Crippen molar-refractivity contribution in [3.63, 3.8) is 0 Å². The molecule has 6 aliphatic heterocycles. The number of fused-ring (bicyclic) bond motifs is 15. The van der Waals surface area contributed by atoms with Crippen molar-refractivity contribution in [2.75, 3.05) is 67.6 Å². The summed E-state index contributed by atoms with van der Waals surface area (Å²) in [5, 5.41) is 39.5. The molecule has 3 saturated heterocycles. The van der Waals surface area contributed by atoms with Crippen molar-refractivity contribution >= 4 is 28.7 Å². The minimum atomic E-state index is -0.217. The largest absolute Gasteiger partial charge is 0.372 e. The van der Waals surface area contributed by atoms with E-state index in [-0.39, 0.29) is 5.82 Å². The van der Waals surface area contributed by atoms with Gasteiger partial charge in [-0.05, 0) is 207 Å². The molecule has 12 aromatic rings. The van der Waals surface area contributed by atoms with Crippen molar-refractivity contribution in [1.29, 1.82) is 10.5 Å². The van der Waals surface area contributed by atoms with Gasteiger partial charge in [-0.1, -0.05) is 61.3 Å². The summed E-state index contributed by atoms with van der Waals surface area (Å²) in [6, 6.07) is 53.0. The first-order chi connectivity index (χ1) is 47.6. The third-order valence-corrected chi connectivity index (χ3v) is 20.7. The van der Waals surface area contributed by atoms with Crippen LogP contribution in [0.15, 0.2) is 183 Å². The van der Waals surface area contributed by atoms with E-state index in [4.69, 9.17) is 22.1 Å². The Morgan fingerprint density at radius 3 is 1.63 bits per heavy atom. The molecule has 6 aliphatic rings. The van der Waals surface area contributed by atoms with Crippen LogP contribution in [0.5, 0.6) is 0 Å². The van der Waals surface area contributed by atoms with Gasteiger partial charge in [0, 0.05) is 111 Å². The number of anilines is 3. The molecule has 12 heterocycles. The molecular weight excluding hydrogens is 1230 g/mol. The maximum absolute atomic E-state index is 13.4. The van der Waals surface area contributed by atoms with E-state index in [0.29, 0.717) is 28.7 Å².